The maximum atomic E-state index is 13.9. The Kier molecular flexibility index (Phi) is 3.27. The van der Waals surface area contributed by atoms with Crippen molar-refractivity contribution in [1.82, 2.24) is 4.57 Å². The third kappa shape index (κ3) is 2.37. The first-order chi connectivity index (χ1) is 9.15. The van der Waals surface area contributed by atoms with Crippen molar-refractivity contribution in [2.24, 2.45) is 0 Å². The normalized spacial score (nSPS) is 13.6. The SMILES string of the molecule is O=c1ccc2c(n1Cc1ccc(Br)cc1F)CCC2. The standard InChI is InChI=1S/C15H13BrFNO/c16-12-6-4-11(13(17)8-12)9-18-14-3-1-2-10(14)5-7-15(18)19/h4-8H,1-3,9H2. The molecule has 19 heavy (non-hydrogen) atoms. The van der Waals surface area contributed by atoms with Crippen molar-refractivity contribution in [1.29, 1.82) is 0 Å². The van der Waals surface area contributed by atoms with Crippen LogP contribution in [-0.4, -0.2) is 4.57 Å². The highest BCUT2D eigenvalue weighted by Crippen LogP contribution is 2.22. The second-order valence-electron chi connectivity index (χ2n) is 4.82. The van der Waals surface area contributed by atoms with Crippen molar-refractivity contribution in [2.45, 2.75) is 25.8 Å². The van der Waals surface area contributed by atoms with Crippen molar-refractivity contribution in [3.63, 3.8) is 0 Å². The largest absolute Gasteiger partial charge is 0.308 e. The molecule has 0 amide bonds. The predicted octanol–water partition coefficient (Wildman–Crippen LogP) is 3.29. The minimum Gasteiger partial charge on any atom is -0.308 e. The van der Waals surface area contributed by atoms with Gasteiger partial charge in [0.15, 0.2) is 0 Å². The summed E-state index contributed by atoms with van der Waals surface area (Å²) < 4.78 is 16.3. The van der Waals surface area contributed by atoms with Gasteiger partial charge in [-0.15, -0.1) is 0 Å². The van der Waals surface area contributed by atoms with Gasteiger partial charge in [0.05, 0.1) is 6.54 Å². The molecule has 0 saturated heterocycles. The van der Waals surface area contributed by atoms with Crippen molar-refractivity contribution < 1.29 is 4.39 Å². The Bertz CT molecular complexity index is 693. The number of fused-ring (bicyclic) bond motifs is 1. The summed E-state index contributed by atoms with van der Waals surface area (Å²) in [6, 6.07) is 8.44. The Morgan fingerprint density at radius 3 is 2.84 bits per heavy atom. The third-order valence-electron chi connectivity index (χ3n) is 3.59. The molecule has 98 valence electrons. The molecule has 1 aromatic heterocycles. The maximum Gasteiger partial charge on any atom is 0.251 e. The predicted molar refractivity (Wildman–Crippen MR) is 75.9 cm³/mol. The van der Waals surface area contributed by atoms with Gasteiger partial charge in [0, 0.05) is 21.8 Å². The molecule has 0 N–H and O–H groups in total. The Morgan fingerprint density at radius 2 is 2.05 bits per heavy atom. The molecule has 1 aliphatic rings. The van der Waals surface area contributed by atoms with E-state index in [4.69, 9.17) is 0 Å². The number of rotatable bonds is 2. The van der Waals surface area contributed by atoms with E-state index in [0.29, 0.717) is 16.6 Å². The molecule has 0 spiro atoms. The molecule has 0 radical (unpaired) electrons. The molecule has 1 heterocycles. The maximum absolute atomic E-state index is 13.9. The topological polar surface area (TPSA) is 22.0 Å². The Morgan fingerprint density at radius 1 is 1.21 bits per heavy atom. The first kappa shape index (κ1) is 12.6. The van der Waals surface area contributed by atoms with E-state index in [1.807, 2.05) is 6.07 Å². The van der Waals surface area contributed by atoms with Gasteiger partial charge in [-0.25, -0.2) is 4.39 Å². The number of hydrogen-bond acceptors (Lipinski definition) is 1. The van der Waals surface area contributed by atoms with E-state index in [1.165, 1.54) is 11.6 Å². The summed E-state index contributed by atoms with van der Waals surface area (Å²) in [5.41, 5.74) is 2.78. The molecule has 4 heteroatoms. The number of benzene rings is 1. The molecule has 2 nitrogen and oxygen atoms in total. The first-order valence-electron chi connectivity index (χ1n) is 6.30. The summed E-state index contributed by atoms with van der Waals surface area (Å²) >= 11 is 3.24. The summed E-state index contributed by atoms with van der Waals surface area (Å²) in [4.78, 5) is 12.0. The van der Waals surface area contributed by atoms with Crippen molar-refractivity contribution in [3.8, 4) is 0 Å². The van der Waals surface area contributed by atoms with Gasteiger partial charge < -0.3 is 4.57 Å². The van der Waals surface area contributed by atoms with Crippen molar-refractivity contribution in [3.05, 3.63) is 67.8 Å². The molecule has 0 atom stereocenters. The average molecular weight is 322 g/mol. The number of aryl methyl sites for hydroxylation is 1. The zero-order valence-electron chi connectivity index (χ0n) is 10.3. The van der Waals surface area contributed by atoms with Gasteiger partial charge in [0.2, 0.25) is 0 Å². The number of nitrogens with zero attached hydrogens (tertiary/aromatic N) is 1. The molecular formula is C15H13BrFNO. The smallest absolute Gasteiger partial charge is 0.251 e. The highest BCUT2D eigenvalue weighted by molar-refractivity contribution is 9.10. The van der Waals surface area contributed by atoms with Crippen LogP contribution in [0.1, 0.15) is 23.2 Å². The zero-order chi connectivity index (χ0) is 13.4. The van der Waals surface area contributed by atoms with Gasteiger partial charge in [-0.3, -0.25) is 4.79 Å². The van der Waals surface area contributed by atoms with E-state index in [2.05, 4.69) is 15.9 Å². The highest BCUT2D eigenvalue weighted by atomic mass is 79.9. The number of aromatic nitrogens is 1. The summed E-state index contributed by atoms with van der Waals surface area (Å²) in [5, 5.41) is 0. The van der Waals surface area contributed by atoms with Crippen LogP contribution in [0.3, 0.4) is 0 Å². The first-order valence-corrected chi connectivity index (χ1v) is 7.10. The van der Waals surface area contributed by atoms with Gasteiger partial charge in [-0.1, -0.05) is 28.1 Å². The van der Waals surface area contributed by atoms with Crippen LogP contribution < -0.4 is 5.56 Å². The fourth-order valence-corrected chi connectivity index (χ4v) is 2.96. The van der Waals surface area contributed by atoms with E-state index in [-0.39, 0.29) is 11.4 Å². The molecular weight excluding hydrogens is 309 g/mol. The Balaban J connectivity index is 2.04. The highest BCUT2D eigenvalue weighted by Gasteiger charge is 2.16. The zero-order valence-corrected chi connectivity index (χ0v) is 11.9. The lowest BCUT2D eigenvalue weighted by molar-refractivity contribution is 0.590. The summed E-state index contributed by atoms with van der Waals surface area (Å²) in [5.74, 6) is -0.281. The van der Waals surface area contributed by atoms with E-state index in [9.17, 15) is 9.18 Å². The van der Waals surface area contributed by atoms with Gasteiger partial charge >= 0.3 is 0 Å². The van der Waals surface area contributed by atoms with Crippen LogP contribution in [0.5, 0.6) is 0 Å². The van der Waals surface area contributed by atoms with E-state index in [1.54, 1.807) is 22.8 Å². The Labute approximate surface area is 119 Å². The summed E-state index contributed by atoms with van der Waals surface area (Å²) in [6.45, 7) is 0.307. The molecule has 0 fully saturated rings. The number of halogens is 2. The van der Waals surface area contributed by atoms with E-state index >= 15 is 0 Å². The van der Waals surface area contributed by atoms with Gasteiger partial charge in [0.1, 0.15) is 5.82 Å². The molecule has 0 unspecified atom stereocenters. The van der Waals surface area contributed by atoms with Crippen LogP contribution in [0.25, 0.3) is 0 Å². The fourth-order valence-electron chi connectivity index (χ4n) is 2.63. The Hall–Kier alpha value is -1.42. The molecule has 0 saturated carbocycles. The summed E-state index contributed by atoms with van der Waals surface area (Å²) in [7, 11) is 0. The quantitative estimate of drug-likeness (QED) is 0.832. The lowest BCUT2D eigenvalue weighted by Crippen LogP contribution is -2.23. The van der Waals surface area contributed by atoms with Crippen molar-refractivity contribution in [2.75, 3.05) is 0 Å². The van der Waals surface area contributed by atoms with Gasteiger partial charge in [-0.2, -0.15) is 0 Å². The lowest BCUT2D eigenvalue weighted by Gasteiger charge is -2.12. The summed E-state index contributed by atoms with van der Waals surface area (Å²) in [6.07, 6.45) is 2.99. The van der Waals surface area contributed by atoms with Crippen LogP contribution in [0.2, 0.25) is 0 Å². The van der Waals surface area contributed by atoms with Gasteiger partial charge in [-0.05, 0) is 37.0 Å². The lowest BCUT2D eigenvalue weighted by atomic mass is 10.1. The number of hydrogen-bond donors (Lipinski definition) is 0. The van der Waals surface area contributed by atoms with Crippen LogP contribution in [0.4, 0.5) is 4.39 Å². The molecule has 1 aromatic carbocycles. The fraction of sp³-hybridized carbons (Fsp3) is 0.267. The monoisotopic (exact) mass is 321 g/mol. The van der Waals surface area contributed by atoms with Crippen LogP contribution in [0, 0.1) is 5.82 Å². The van der Waals surface area contributed by atoms with E-state index < -0.39 is 0 Å². The molecule has 1 aliphatic carbocycles. The molecule has 2 aromatic rings. The minimum atomic E-state index is -0.281. The van der Waals surface area contributed by atoms with Crippen molar-refractivity contribution >= 4 is 15.9 Å². The van der Waals surface area contributed by atoms with E-state index in [0.717, 1.165) is 25.0 Å². The second kappa shape index (κ2) is 4.93. The second-order valence-corrected chi connectivity index (χ2v) is 5.73. The molecule has 0 aliphatic heterocycles. The third-order valence-corrected chi connectivity index (χ3v) is 4.09. The molecule has 0 bridgehead atoms. The minimum absolute atomic E-state index is 0.0528. The van der Waals surface area contributed by atoms with Crippen LogP contribution >= 0.6 is 15.9 Å². The number of pyridine rings is 1. The molecule has 3 rings (SSSR count). The van der Waals surface area contributed by atoms with Gasteiger partial charge in [0.25, 0.3) is 5.56 Å². The average Bonchev–Trinajstić information content (AvgIpc) is 2.84. The van der Waals surface area contributed by atoms with Crippen LogP contribution in [0.15, 0.2) is 39.6 Å². The van der Waals surface area contributed by atoms with Crippen LogP contribution in [-0.2, 0) is 19.4 Å².